The van der Waals surface area contributed by atoms with Gasteiger partial charge in [0.1, 0.15) is 0 Å². The van der Waals surface area contributed by atoms with E-state index in [1.54, 1.807) is 31.2 Å². The number of aliphatic hydroxyl groups is 1. The normalized spacial score (nSPS) is 30.7. The molecule has 0 amide bonds. The van der Waals surface area contributed by atoms with Crippen LogP contribution in [0.2, 0.25) is 0 Å². The van der Waals surface area contributed by atoms with E-state index in [-0.39, 0.29) is 17.5 Å². The minimum absolute atomic E-state index is 0.187. The van der Waals surface area contributed by atoms with E-state index in [1.165, 1.54) is 4.31 Å². The van der Waals surface area contributed by atoms with Crippen molar-refractivity contribution in [3.63, 3.8) is 0 Å². The van der Waals surface area contributed by atoms with E-state index in [0.717, 1.165) is 5.56 Å². The molecule has 1 aliphatic heterocycles. The van der Waals surface area contributed by atoms with Gasteiger partial charge in [0, 0.05) is 0 Å². The van der Waals surface area contributed by atoms with Crippen molar-refractivity contribution in [3.05, 3.63) is 42.0 Å². The molecule has 1 saturated heterocycles. The first-order valence-electron chi connectivity index (χ1n) is 6.23. The third kappa shape index (κ3) is 2.22. The van der Waals surface area contributed by atoms with E-state index in [4.69, 9.17) is 0 Å². The minimum Gasteiger partial charge on any atom is -0.394 e. The van der Waals surface area contributed by atoms with Crippen LogP contribution in [-0.4, -0.2) is 36.0 Å². The number of aliphatic hydroxyl groups excluding tert-OH is 1. The van der Waals surface area contributed by atoms with Crippen molar-refractivity contribution in [2.75, 3.05) is 6.61 Å². The molecular weight excluding hydrogens is 262 g/mol. The average Bonchev–Trinajstić information content (AvgIpc) is 2.97. The fourth-order valence-electron chi connectivity index (χ4n) is 2.30. The second-order valence-corrected chi connectivity index (χ2v) is 6.91. The van der Waals surface area contributed by atoms with E-state index in [1.807, 2.05) is 26.0 Å². The molecule has 1 heterocycles. The number of hydrogen-bond acceptors (Lipinski definition) is 3. The lowest BCUT2D eigenvalue weighted by atomic mass is 10.1. The van der Waals surface area contributed by atoms with E-state index in [9.17, 15) is 13.5 Å². The molecule has 1 aromatic carbocycles. The van der Waals surface area contributed by atoms with Gasteiger partial charge in [-0.2, -0.15) is 4.31 Å². The number of nitrogens with zero attached hydrogens (tertiary/aromatic N) is 1. The summed E-state index contributed by atoms with van der Waals surface area (Å²) in [7, 11) is -3.55. The van der Waals surface area contributed by atoms with Gasteiger partial charge in [0.2, 0.25) is 10.0 Å². The van der Waals surface area contributed by atoms with Crippen LogP contribution in [0.1, 0.15) is 19.4 Å². The average molecular weight is 281 g/mol. The maximum atomic E-state index is 12.5. The van der Waals surface area contributed by atoms with Gasteiger partial charge in [0.25, 0.3) is 0 Å². The highest BCUT2D eigenvalue weighted by atomic mass is 32.2. The molecule has 4 nitrogen and oxygen atoms in total. The smallest absolute Gasteiger partial charge is 0.244 e. The summed E-state index contributed by atoms with van der Waals surface area (Å²) in [6.45, 7) is 5.32. The van der Waals surface area contributed by atoms with Crippen molar-refractivity contribution in [1.82, 2.24) is 4.31 Å². The molecule has 1 N–H and O–H groups in total. The number of hydrogen-bond donors (Lipinski definition) is 1. The minimum atomic E-state index is -3.55. The number of rotatable bonds is 4. The van der Waals surface area contributed by atoms with Crippen molar-refractivity contribution in [2.24, 2.45) is 0 Å². The molecule has 1 aliphatic rings. The van der Waals surface area contributed by atoms with Crippen LogP contribution in [0.25, 0.3) is 0 Å². The first-order chi connectivity index (χ1) is 8.87. The summed E-state index contributed by atoms with van der Waals surface area (Å²) in [4.78, 5) is 0.268. The van der Waals surface area contributed by atoms with Crippen molar-refractivity contribution in [1.29, 1.82) is 0 Å². The quantitative estimate of drug-likeness (QED) is 0.675. The summed E-state index contributed by atoms with van der Waals surface area (Å²) < 4.78 is 26.5. The first kappa shape index (κ1) is 14.2. The lowest BCUT2D eigenvalue weighted by Gasteiger charge is -2.10. The van der Waals surface area contributed by atoms with Crippen LogP contribution in [0, 0.1) is 6.92 Å². The van der Waals surface area contributed by atoms with Gasteiger partial charge in [0.05, 0.1) is 23.1 Å². The Morgan fingerprint density at radius 3 is 2.42 bits per heavy atom. The van der Waals surface area contributed by atoms with E-state index >= 15 is 0 Å². The Kier molecular flexibility index (Phi) is 3.55. The van der Waals surface area contributed by atoms with Gasteiger partial charge in [-0.1, -0.05) is 29.8 Å². The Hall–Kier alpha value is -1.17. The summed E-state index contributed by atoms with van der Waals surface area (Å²) in [5.74, 6) is 0. The molecule has 0 aliphatic carbocycles. The van der Waals surface area contributed by atoms with Crippen molar-refractivity contribution < 1.29 is 13.5 Å². The molecular formula is C14H19NO3S. The molecule has 0 spiro atoms. The van der Waals surface area contributed by atoms with Crippen LogP contribution in [0.4, 0.5) is 0 Å². The van der Waals surface area contributed by atoms with E-state index in [0.29, 0.717) is 0 Å². The van der Waals surface area contributed by atoms with Crippen molar-refractivity contribution in [3.8, 4) is 0 Å². The molecule has 1 unspecified atom stereocenters. The largest absolute Gasteiger partial charge is 0.394 e. The summed E-state index contributed by atoms with van der Waals surface area (Å²) in [6.07, 6.45) is 3.62. The SMILES string of the molecule is C/C=C/[C@@H]1N(S(=O)(=O)c2ccc(C)cc2)[C@@]1(C)CO. The van der Waals surface area contributed by atoms with Crippen LogP contribution >= 0.6 is 0 Å². The first-order valence-corrected chi connectivity index (χ1v) is 7.67. The molecule has 0 radical (unpaired) electrons. The summed E-state index contributed by atoms with van der Waals surface area (Å²) in [6, 6.07) is 6.49. The maximum Gasteiger partial charge on any atom is 0.244 e. The maximum absolute atomic E-state index is 12.5. The highest BCUT2D eigenvalue weighted by Gasteiger charge is 2.63. The van der Waals surface area contributed by atoms with Gasteiger partial charge in [-0.3, -0.25) is 0 Å². The molecule has 3 atom stereocenters. The standard InChI is InChI=1S/C14H19NO3S/c1-4-5-13-14(3,10-16)15(13)19(17,18)12-8-6-11(2)7-9-12/h4-9,13,16H,10H2,1-3H3/b5-4+/t13-,14-,15?/m0/s1. The van der Waals surface area contributed by atoms with Gasteiger partial charge in [0.15, 0.2) is 0 Å². The molecule has 2 rings (SSSR count). The second-order valence-electron chi connectivity index (χ2n) is 5.10. The molecule has 1 aromatic rings. The topological polar surface area (TPSA) is 57.4 Å². The predicted octanol–water partition coefficient (Wildman–Crippen LogP) is 1.70. The molecule has 19 heavy (non-hydrogen) atoms. The van der Waals surface area contributed by atoms with Gasteiger partial charge < -0.3 is 5.11 Å². The van der Waals surface area contributed by atoms with Crippen molar-refractivity contribution in [2.45, 2.75) is 37.2 Å². The summed E-state index contributed by atoms with van der Waals surface area (Å²) in [5, 5.41) is 9.45. The monoisotopic (exact) mass is 281 g/mol. The highest BCUT2D eigenvalue weighted by molar-refractivity contribution is 7.89. The zero-order valence-electron chi connectivity index (χ0n) is 11.4. The number of benzene rings is 1. The molecule has 0 saturated carbocycles. The Bertz CT molecular complexity index is 592. The fourth-order valence-corrected chi connectivity index (χ4v) is 4.27. The molecule has 1 fully saturated rings. The van der Waals surface area contributed by atoms with Crippen molar-refractivity contribution >= 4 is 10.0 Å². The van der Waals surface area contributed by atoms with Crippen LogP contribution in [0.3, 0.4) is 0 Å². The Morgan fingerprint density at radius 1 is 1.37 bits per heavy atom. The van der Waals surface area contributed by atoms with Crippen LogP contribution in [-0.2, 0) is 10.0 Å². The van der Waals surface area contributed by atoms with Gasteiger partial charge in [-0.15, -0.1) is 0 Å². The zero-order valence-corrected chi connectivity index (χ0v) is 12.2. The predicted molar refractivity (Wildman–Crippen MR) is 74.3 cm³/mol. The molecule has 0 bridgehead atoms. The summed E-state index contributed by atoms with van der Waals surface area (Å²) in [5.41, 5.74) is 0.288. The Morgan fingerprint density at radius 2 is 1.95 bits per heavy atom. The third-order valence-corrected chi connectivity index (χ3v) is 5.63. The molecule has 104 valence electrons. The summed E-state index contributed by atoms with van der Waals surface area (Å²) >= 11 is 0. The zero-order chi connectivity index (χ0) is 14.3. The van der Waals surface area contributed by atoms with Gasteiger partial charge in [-0.05, 0) is 32.9 Å². The second kappa shape index (κ2) is 4.74. The van der Waals surface area contributed by atoms with Crippen LogP contribution < -0.4 is 0 Å². The number of sulfonamides is 1. The highest BCUT2D eigenvalue weighted by Crippen LogP contribution is 2.46. The molecule has 5 heteroatoms. The van der Waals surface area contributed by atoms with Crippen LogP contribution in [0.15, 0.2) is 41.3 Å². The Balaban J connectivity index is 2.38. The lowest BCUT2D eigenvalue weighted by Crippen LogP contribution is -2.24. The fraction of sp³-hybridized carbons (Fsp3) is 0.429. The van der Waals surface area contributed by atoms with Crippen LogP contribution in [0.5, 0.6) is 0 Å². The Labute approximate surface area is 114 Å². The van der Waals surface area contributed by atoms with E-state index < -0.39 is 15.6 Å². The van der Waals surface area contributed by atoms with Gasteiger partial charge in [-0.25, -0.2) is 8.42 Å². The lowest BCUT2D eigenvalue weighted by molar-refractivity contribution is 0.244. The van der Waals surface area contributed by atoms with Gasteiger partial charge >= 0.3 is 0 Å². The number of aryl methyl sites for hydroxylation is 1. The van der Waals surface area contributed by atoms with E-state index in [2.05, 4.69) is 0 Å². The molecule has 0 aromatic heterocycles. The third-order valence-electron chi connectivity index (χ3n) is 3.60. The number of allylic oxidation sites excluding steroid dienone is 1.